The van der Waals surface area contributed by atoms with E-state index in [0.29, 0.717) is 17.9 Å². The van der Waals surface area contributed by atoms with Gasteiger partial charge in [-0.3, -0.25) is 9.59 Å². The van der Waals surface area contributed by atoms with Crippen molar-refractivity contribution < 1.29 is 23.9 Å². The molecule has 1 heterocycles. The first kappa shape index (κ1) is 18.7. The van der Waals surface area contributed by atoms with Gasteiger partial charge >= 0.3 is 5.97 Å². The first-order valence-corrected chi connectivity index (χ1v) is 8.61. The maximum absolute atomic E-state index is 11.6. The molecular weight excluding hydrogens is 342 g/mol. The van der Waals surface area contributed by atoms with Crippen molar-refractivity contribution in [2.75, 3.05) is 19.8 Å². The van der Waals surface area contributed by atoms with Crippen molar-refractivity contribution in [3.63, 3.8) is 0 Å². The summed E-state index contributed by atoms with van der Waals surface area (Å²) in [6, 6.07) is 10.4. The first-order valence-electron chi connectivity index (χ1n) is 7.73. The summed E-state index contributed by atoms with van der Waals surface area (Å²) in [5, 5.41) is 4.66. The fourth-order valence-electron chi connectivity index (χ4n) is 1.95. The predicted octanol–water partition coefficient (Wildman–Crippen LogP) is 2.23. The Hall–Kier alpha value is -2.67. The van der Waals surface area contributed by atoms with Gasteiger partial charge in [0.25, 0.3) is 5.91 Å². The number of benzene rings is 1. The Bertz CT molecular complexity index is 710. The second-order valence-electron chi connectivity index (χ2n) is 5.21. The topological polar surface area (TPSA) is 81.7 Å². The van der Waals surface area contributed by atoms with Crippen LogP contribution in [-0.4, -0.2) is 37.4 Å². The third-order valence-electron chi connectivity index (χ3n) is 3.26. The average molecular weight is 361 g/mol. The summed E-state index contributed by atoms with van der Waals surface area (Å²) in [6.07, 6.45) is 0.747. The summed E-state index contributed by atoms with van der Waals surface area (Å²) in [5.74, 6) is -0.585. The van der Waals surface area contributed by atoms with Crippen molar-refractivity contribution in [2.24, 2.45) is 0 Å². The molecule has 0 unspecified atom stereocenters. The highest BCUT2D eigenvalue weighted by Gasteiger charge is 2.09. The predicted molar refractivity (Wildman–Crippen MR) is 93.9 cm³/mol. The Morgan fingerprint density at radius 1 is 1.08 bits per heavy atom. The van der Waals surface area contributed by atoms with Gasteiger partial charge in [0.05, 0.1) is 0 Å². The summed E-state index contributed by atoms with van der Waals surface area (Å²) in [5.41, 5.74) is 0.564. The van der Waals surface area contributed by atoms with Crippen LogP contribution in [0.1, 0.15) is 22.2 Å². The van der Waals surface area contributed by atoms with E-state index in [2.05, 4.69) is 5.32 Å². The Kier molecular flexibility index (Phi) is 7.16. The molecule has 25 heavy (non-hydrogen) atoms. The lowest BCUT2D eigenvalue weighted by molar-refractivity contribution is -0.150. The van der Waals surface area contributed by atoms with Crippen molar-refractivity contribution in [1.29, 1.82) is 0 Å². The summed E-state index contributed by atoms with van der Waals surface area (Å²) in [6.45, 7) is 1.33. The van der Waals surface area contributed by atoms with Gasteiger partial charge in [-0.25, -0.2) is 4.79 Å². The molecule has 0 aliphatic rings. The van der Waals surface area contributed by atoms with Gasteiger partial charge in [0, 0.05) is 17.0 Å². The number of thiophene rings is 1. The van der Waals surface area contributed by atoms with E-state index >= 15 is 0 Å². The van der Waals surface area contributed by atoms with Gasteiger partial charge in [-0.2, -0.15) is 0 Å². The van der Waals surface area contributed by atoms with Crippen LogP contribution in [0.25, 0.3) is 0 Å². The van der Waals surface area contributed by atoms with Crippen LogP contribution < -0.4 is 10.1 Å². The van der Waals surface area contributed by atoms with Gasteiger partial charge in [-0.15, -0.1) is 11.3 Å². The van der Waals surface area contributed by atoms with Crippen molar-refractivity contribution in [3.8, 4) is 5.75 Å². The number of nitrogens with one attached hydrogen (secondary N) is 1. The number of ketones is 1. The molecule has 1 aromatic carbocycles. The summed E-state index contributed by atoms with van der Waals surface area (Å²) in [4.78, 5) is 35.5. The van der Waals surface area contributed by atoms with E-state index in [4.69, 9.17) is 9.47 Å². The lowest BCUT2D eigenvalue weighted by Gasteiger charge is -2.08. The van der Waals surface area contributed by atoms with Crippen LogP contribution in [0, 0.1) is 0 Å². The lowest BCUT2D eigenvalue weighted by Crippen LogP contribution is -2.31. The van der Waals surface area contributed by atoms with Gasteiger partial charge in [-0.1, -0.05) is 6.07 Å². The van der Waals surface area contributed by atoms with Crippen LogP contribution in [0.15, 0.2) is 41.8 Å². The molecule has 7 heteroatoms. The normalized spacial score (nSPS) is 10.1. The maximum atomic E-state index is 11.6. The van der Waals surface area contributed by atoms with Crippen LogP contribution in [0.2, 0.25) is 0 Å². The first-order chi connectivity index (χ1) is 12.0. The van der Waals surface area contributed by atoms with Crippen LogP contribution in [0.4, 0.5) is 0 Å². The zero-order valence-corrected chi connectivity index (χ0v) is 14.6. The Morgan fingerprint density at radius 2 is 1.84 bits per heavy atom. The highest BCUT2D eigenvalue weighted by Crippen LogP contribution is 2.12. The molecule has 132 valence electrons. The molecule has 0 saturated carbocycles. The Balaban J connectivity index is 1.61. The third-order valence-corrected chi connectivity index (χ3v) is 4.19. The molecular formula is C18H19NO5S. The second-order valence-corrected chi connectivity index (χ2v) is 6.24. The smallest absolute Gasteiger partial charge is 0.344 e. The van der Waals surface area contributed by atoms with E-state index in [9.17, 15) is 14.4 Å². The van der Waals surface area contributed by atoms with Crippen LogP contribution in [0.3, 0.4) is 0 Å². The SMILES string of the molecule is CC(=O)c1ccc(OCC(=O)OCC(=O)NCCc2cccs2)cc1. The monoisotopic (exact) mass is 361 g/mol. The minimum atomic E-state index is -0.635. The molecule has 0 aliphatic carbocycles. The van der Waals surface area contributed by atoms with Crippen LogP contribution >= 0.6 is 11.3 Å². The molecule has 1 N–H and O–H groups in total. The molecule has 1 amide bonds. The zero-order chi connectivity index (χ0) is 18.1. The van der Waals surface area contributed by atoms with E-state index in [0.717, 1.165) is 6.42 Å². The van der Waals surface area contributed by atoms with E-state index < -0.39 is 5.97 Å². The van der Waals surface area contributed by atoms with Gasteiger partial charge in [0.1, 0.15) is 5.75 Å². The molecule has 0 spiro atoms. The fourth-order valence-corrected chi connectivity index (χ4v) is 2.66. The molecule has 0 atom stereocenters. The molecule has 0 radical (unpaired) electrons. The van der Waals surface area contributed by atoms with Crippen LogP contribution in [-0.2, 0) is 20.7 Å². The second kappa shape index (κ2) is 9.58. The largest absolute Gasteiger partial charge is 0.482 e. The van der Waals surface area contributed by atoms with Crippen molar-refractivity contribution in [3.05, 3.63) is 52.2 Å². The number of hydrogen-bond donors (Lipinski definition) is 1. The number of hydrogen-bond acceptors (Lipinski definition) is 6. The highest BCUT2D eigenvalue weighted by atomic mass is 32.1. The van der Waals surface area contributed by atoms with Gasteiger partial charge in [-0.05, 0) is 49.1 Å². The molecule has 2 aromatic rings. The summed E-state index contributed by atoms with van der Waals surface area (Å²) < 4.78 is 10.1. The quantitative estimate of drug-likeness (QED) is 0.547. The molecule has 0 bridgehead atoms. The molecule has 0 saturated heterocycles. The van der Waals surface area contributed by atoms with E-state index in [-0.39, 0.29) is 24.9 Å². The minimum Gasteiger partial charge on any atom is -0.482 e. The number of carbonyl (C=O) groups excluding carboxylic acids is 3. The van der Waals surface area contributed by atoms with Gasteiger partial charge < -0.3 is 14.8 Å². The van der Waals surface area contributed by atoms with Crippen LogP contribution in [0.5, 0.6) is 5.75 Å². The average Bonchev–Trinajstić information content (AvgIpc) is 3.12. The van der Waals surface area contributed by atoms with E-state index in [1.165, 1.54) is 11.8 Å². The molecule has 2 rings (SSSR count). The number of amides is 1. The van der Waals surface area contributed by atoms with Crippen molar-refractivity contribution in [2.45, 2.75) is 13.3 Å². The summed E-state index contributed by atoms with van der Waals surface area (Å²) >= 11 is 1.63. The summed E-state index contributed by atoms with van der Waals surface area (Å²) in [7, 11) is 0. The number of ether oxygens (including phenoxy) is 2. The number of esters is 1. The zero-order valence-electron chi connectivity index (χ0n) is 13.8. The standard InChI is InChI=1S/C18H19NO5S/c1-13(20)14-4-6-15(7-5-14)23-12-18(22)24-11-17(21)19-9-8-16-3-2-10-25-16/h2-7,10H,8-9,11-12H2,1H3,(H,19,21). The Labute approximate surface area is 149 Å². The number of carbonyl (C=O) groups is 3. The highest BCUT2D eigenvalue weighted by molar-refractivity contribution is 7.09. The molecule has 0 fully saturated rings. The third kappa shape index (κ3) is 6.76. The Morgan fingerprint density at radius 3 is 2.48 bits per heavy atom. The van der Waals surface area contributed by atoms with Gasteiger partial charge in [0.2, 0.25) is 0 Å². The lowest BCUT2D eigenvalue weighted by atomic mass is 10.1. The maximum Gasteiger partial charge on any atom is 0.344 e. The van der Waals surface area contributed by atoms with E-state index in [1.54, 1.807) is 35.6 Å². The number of Topliss-reactive ketones (excluding diaryl/α,β-unsaturated/α-hetero) is 1. The fraction of sp³-hybridized carbons (Fsp3) is 0.278. The molecule has 6 nitrogen and oxygen atoms in total. The van der Waals surface area contributed by atoms with Crippen molar-refractivity contribution >= 4 is 29.0 Å². The molecule has 0 aliphatic heterocycles. The van der Waals surface area contributed by atoms with E-state index in [1.807, 2.05) is 17.5 Å². The minimum absolute atomic E-state index is 0.0453. The number of rotatable bonds is 9. The van der Waals surface area contributed by atoms with Gasteiger partial charge in [0.15, 0.2) is 19.0 Å². The van der Waals surface area contributed by atoms with Crippen molar-refractivity contribution in [1.82, 2.24) is 5.32 Å². The molecule has 1 aromatic heterocycles.